The Kier molecular flexibility index (Phi) is 5.21. The van der Waals surface area contributed by atoms with Crippen LogP contribution in [0.25, 0.3) is 11.0 Å². The number of aromatic nitrogens is 1. The van der Waals surface area contributed by atoms with Crippen molar-refractivity contribution in [2.24, 2.45) is 0 Å². The predicted molar refractivity (Wildman–Crippen MR) is 111 cm³/mol. The first-order valence-electron chi connectivity index (χ1n) is 9.18. The van der Waals surface area contributed by atoms with Crippen molar-refractivity contribution in [3.8, 4) is 5.75 Å². The van der Waals surface area contributed by atoms with Gasteiger partial charge in [-0.25, -0.2) is 9.37 Å². The molecule has 2 aromatic heterocycles. The molecule has 0 fully saturated rings. The molecule has 8 heteroatoms. The van der Waals surface area contributed by atoms with E-state index in [0.29, 0.717) is 23.7 Å². The van der Waals surface area contributed by atoms with Gasteiger partial charge in [0.2, 0.25) is 0 Å². The lowest BCUT2D eigenvalue weighted by Crippen LogP contribution is -2.24. The van der Waals surface area contributed by atoms with Crippen LogP contribution in [0.15, 0.2) is 65.1 Å². The van der Waals surface area contributed by atoms with Crippen LogP contribution in [-0.4, -0.2) is 10.9 Å². The van der Waals surface area contributed by atoms with Gasteiger partial charge in [0.25, 0.3) is 5.91 Å². The zero-order valence-corrected chi connectivity index (χ0v) is 15.9. The molecule has 0 aliphatic rings. The quantitative estimate of drug-likeness (QED) is 0.450. The molecule has 30 heavy (non-hydrogen) atoms. The van der Waals surface area contributed by atoms with Gasteiger partial charge < -0.3 is 25.9 Å². The number of benzene rings is 2. The van der Waals surface area contributed by atoms with E-state index in [1.807, 2.05) is 18.2 Å². The molecule has 0 radical (unpaired) electrons. The number of carbonyl (C=O) groups is 1. The van der Waals surface area contributed by atoms with Gasteiger partial charge in [0.05, 0.1) is 12.1 Å². The fraction of sp³-hybridized carbons (Fsp3) is 0.0909. The van der Waals surface area contributed by atoms with E-state index in [2.05, 4.69) is 10.3 Å². The largest absolute Gasteiger partial charge is 0.489 e. The molecule has 1 amide bonds. The molecular formula is C22H19FN4O3. The summed E-state index contributed by atoms with van der Waals surface area (Å²) < 4.78 is 24.5. The van der Waals surface area contributed by atoms with Crippen molar-refractivity contribution in [1.29, 1.82) is 0 Å². The summed E-state index contributed by atoms with van der Waals surface area (Å²) in [4.78, 5) is 16.2. The number of pyridine rings is 1. The Morgan fingerprint density at radius 2 is 1.87 bits per heavy atom. The van der Waals surface area contributed by atoms with Crippen LogP contribution in [0.3, 0.4) is 0 Å². The average molecular weight is 406 g/mol. The fourth-order valence-electron chi connectivity index (χ4n) is 2.94. The molecule has 5 N–H and O–H groups in total. The van der Waals surface area contributed by atoms with Crippen LogP contribution in [0.2, 0.25) is 0 Å². The summed E-state index contributed by atoms with van der Waals surface area (Å²) in [6.45, 7) is 0.496. The maximum atomic E-state index is 13.0. The Hall–Kier alpha value is -4.07. The topological polar surface area (TPSA) is 116 Å². The van der Waals surface area contributed by atoms with E-state index in [1.165, 1.54) is 24.3 Å². The highest BCUT2D eigenvalue weighted by Gasteiger charge is 2.12. The molecule has 0 saturated carbocycles. The zero-order chi connectivity index (χ0) is 21.1. The van der Waals surface area contributed by atoms with Crippen molar-refractivity contribution in [3.05, 3.63) is 83.4 Å². The smallest absolute Gasteiger partial charge is 0.255 e. The summed E-state index contributed by atoms with van der Waals surface area (Å²) in [7, 11) is 0. The molecule has 0 aliphatic carbocycles. The maximum absolute atomic E-state index is 13.0. The first-order valence-corrected chi connectivity index (χ1v) is 9.18. The summed E-state index contributed by atoms with van der Waals surface area (Å²) >= 11 is 0. The van der Waals surface area contributed by atoms with E-state index in [0.717, 1.165) is 10.9 Å². The van der Waals surface area contributed by atoms with Crippen LogP contribution >= 0.6 is 0 Å². The lowest BCUT2D eigenvalue weighted by atomic mass is 10.2. The van der Waals surface area contributed by atoms with Crippen molar-refractivity contribution < 1.29 is 18.3 Å². The van der Waals surface area contributed by atoms with E-state index in [1.54, 1.807) is 18.2 Å². The summed E-state index contributed by atoms with van der Waals surface area (Å²) in [5.41, 5.74) is 13.0. The summed E-state index contributed by atoms with van der Waals surface area (Å²) in [6, 6.07) is 16.5. The van der Waals surface area contributed by atoms with Crippen molar-refractivity contribution in [1.82, 2.24) is 10.3 Å². The van der Waals surface area contributed by atoms with Gasteiger partial charge in [0, 0.05) is 11.5 Å². The molecule has 4 rings (SSSR count). The van der Waals surface area contributed by atoms with Crippen LogP contribution < -0.4 is 21.5 Å². The summed E-state index contributed by atoms with van der Waals surface area (Å²) in [5, 5.41) is 3.62. The second kappa shape index (κ2) is 8.12. The number of rotatable bonds is 6. The van der Waals surface area contributed by atoms with Crippen LogP contribution in [0.4, 0.5) is 16.0 Å². The average Bonchev–Trinajstić information content (AvgIpc) is 3.14. The molecule has 0 bridgehead atoms. The number of hydrogen-bond donors (Lipinski definition) is 3. The van der Waals surface area contributed by atoms with E-state index in [-0.39, 0.29) is 35.5 Å². The highest BCUT2D eigenvalue weighted by Crippen LogP contribution is 2.25. The number of hydrogen-bond acceptors (Lipinski definition) is 6. The van der Waals surface area contributed by atoms with Gasteiger partial charge in [-0.3, -0.25) is 4.79 Å². The third kappa shape index (κ3) is 4.33. The van der Waals surface area contributed by atoms with Crippen molar-refractivity contribution in [2.45, 2.75) is 13.2 Å². The van der Waals surface area contributed by atoms with E-state index < -0.39 is 0 Å². The standard InChI is InChI=1S/C22H19FN4O3/c23-15-4-1-13(2-5-15)12-29-16-6-3-14-9-17(30-19(14)10-16)11-26-22(28)18-7-8-20(24)27-21(18)25/h1-10H,11-12H2,(H,26,28)(H4,24,25,27). The molecule has 0 unspecified atom stereocenters. The number of nitrogens with one attached hydrogen (secondary N) is 1. The van der Waals surface area contributed by atoms with Gasteiger partial charge >= 0.3 is 0 Å². The van der Waals surface area contributed by atoms with Gasteiger partial charge in [0.1, 0.15) is 41.2 Å². The summed E-state index contributed by atoms with van der Waals surface area (Å²) in [6.07, 6.45) is 0. The normalized spacial score (nSPS) is 10.8. The molecule has 2 aromatic carbocycles. The first-order chi connectivity index (χ1) is 14.5. The SMILES string of the molecule is Nc1ccc(C(=O)NCc2cc3ccc(OCc4ccc(F)cc4)cc3o2)c(N)n1. The van der Waals surface area contributed by atoms with Crippen LogP contribution in [0, 0.1) is 5.82 Å². The second-order valence-electron chi connectivity index (χ2n) is 6.68. The van der Waals surface area contributed by atoms with E-state index in [9.17, 15) is 9.18 Å². The second-order valence-corrected chi connectivity index (χ2v) is 6.68. The number of nitrogens with zero attached hydrogens (tertiary/aromatic N) is 1. The fourth-order valence-corrected chi connectivity index (χ4v) is 2.94. The highest BCUT2D eigenvalue weighted by atomic mass is 19.1. The molecule has 4 aromatic rings. The predicted octanol–water partition coefficient (Wildman–Crippen LogP) is 3.64. The minimum Gasteiger partial charge on any atom is -0.489 e. The zero-order valence-electron chi connectivity index (χ0n) is 15.9. The Bertz CT molecular complexity index is 1200. The third-order valence-electron chi connectivity index (χ3n) is 4.48. The molecule has 0 saturated heterocycles. The third-order valence-corrected chi connectivity index (χ3v) is 4.48. The number of nitrogens with two attached hydrogens (primary N) is 2. The lowest BCUT2D eigenvalue weighted by Gasteiger charge is -2.06. The molecule has 0 aliphatic heterocycles. The minimum absolute atomic E-state index is 0.0695. The molecule has 2 heterocycles. The first kappa shape index (κ1) is 19.3. The Balaban J connectivity index is 1.40. The highest BCUT2D eigenvalue weighted by molar-refractivity contribution is 5.98. The molecule has 7 nitrogen and oxygen atoms in total. The van der Waals surface area contributed by atoms with Gasteiger partial charge in [-0.05, 0) is 48.0 Å². The Labute approximate surface area is 171 Å². The Morgan fingerprint density at radius 3 is 2.63 bits per heavy atom. The lowest BCUT2D eigenvalue weighted by molar-refractivity contribution is 0.0949. The van der Waals surface area contributed by atoms with Crippen LogP contribution in [-0.2, 0) is 13.2 Å². The Morgan fingerprint density at radius 1 is 1.07 bits per heavy atom. The monoisotopic (exact) mass is 406 g/mol. The van der Waals surface area contributed by atoms with Gasteiger partial charge in [-0.1, -0.05) is 12.1 Å². The number of carbonyl (C=O) groups excluding carboxylic acids is 1. The number of amides is 1. The van der Waals surface area contributed by atoms with Crippen molar-refractivity contribution >= 4 is 28.5 Å². The van der Waals surface area contributed by atoms with Crippen LogP contribution in [0.1, 0.15) is 21.7 Å². The van der Waals surface area contributed by atoms with Crippen molar-refractivity contribution in [2.75, 3.05) is 11.5 Å². The number of anilines is 2. The molecule has 152 valence electrons. The van der Waals surface area contributed by atoms with E-state index in [4.69, 9.17) is 20.6 Å². The van der Waals surface area contributed by atoms with Crippen molar-refractivity contribution in [3.63, 3.8) is 0 Å². The minimum atomic E-state index is -0.372. The molecular weight excluding hydrogens is 387 g/mol. The van der Waals surface area contributed by atoms with E-state index >= 15 is 0 Å². The number of furan rings is 1. The number of fused-ring (bicyclic) bond motifs is 1. The molecule has 0 atom stereocenters. The molecule has 0 spiro atoms. The number of nitrogen functional groups attached to an aromatic ring is 2. The van der Waals surface area contributed by atoms with Gasteiger partial charge in [-0.15, -0.1) is 0 Å². The number of ether oxygens (including phenoxy) is 1. The van der Waals surface area contributed by atoms with Gasteiger partial charge in [-0.2, -0.15) is 0 Å². The van der Waals surface area contributed by atoms with Gasteiger partial charge in [0.15, 0.2) is 0 Å². The number of halogens is 1. The summed E-state index contributed by atoms with van der Waals surface area (Å²) in [5.74, 6) is 0.863. The van der Waals surface area contributed by atoms with Crippen LogP contribution in [0.5, 0.6) is 5.75 Å². The maximum Gasteiger partial charge on any atom is 0.255 e.